The number of nitrogens with two attached hydrogens (primary N) is 1. The molecule has 2 aromatic heterocycles. The number of hydrogen-bond acceptors (Lipinski definition) is 6. The van der Waals surface area contributed by atoms with E-state index in [1.54, 1.807) is 32.0 Å². The van der Waals surface area contributed by atoms with E-state index in [0.29, 0.717) is 16.7 Å². The molecule has 4 aromatic rings. The number of hydrogen-bond donors (Lipinski definition) is 4. The zero-order chi connectivity index (χ0) is 27.6. The maximum atomic E-state index is 13.5. The van der Waals surface area contributed by atoms with Crippen LogP contribution in [0, 0.1) is 12.7 Å². The van der Waals surface area contributed by atoms with Gasteiger partial charge in [0, 0.05) is 6.54 Å². The highest BCUT2D eigenvalue weighted by atomic mass is 19.1. The molecule has 0 saturated heterocycles. The summed E-state index contributed by atoms with van der Waals surface area (Å²) >= 11 is 0. The molecule has 0 bridgehead atoms. The minimum Gasteiger partial charge on any atom is -0.478 e. The number of fused-ring (bicyclic) bond motifs is 1. The third-order valence-corrected chi connectivity index (χ3v) is 5.88. The second kappa shape index (κ2) is 10.5. The van der Waals surface area contributed by atoms with Crippen molar-refractivity contribution >= 4 is 29.3 Å². The highest BCUT2D eigenvalue weighted by Gasteiger charge is 2.22. The minimum atomic E-state index is -1.07. The largest absolute Gasteiger partial charge is 0.478 e. The molecule has 5 N–H and O–H groups in total. The van der Waals surface area contributed by atoms with Gasteiger partial charge in [-0.3, -0.25) is 18.8 Å². The minimum absolute atomic E-state index is 0.0354. The van der Waals surface area contributed by atoms with Gasteiger partial charge in [-0.15, -0.1) is 0 Å². The lowest BCUT2D eigenvalue weighted by Gasteiger charge is -2.16. The summed E-state index contributed by atoms with van der Waals surface area (Å²) < 4.78 is 14.8. The predicted molar refractivity (Wildman–Crippen MR) is 133 cm³/mol. The molecule has 194 valence electrons. The number of nitrogens with zero attached hydrogens (tertiary/aromatic N) is 3. The first kappa shape index (κ1) is 25.9. The van der Waals surface area contributed by atoms with E-state index in [9.17, 15) is 23.6 Å². The van der Waals surface area contributed by atoms with E-state index in [1.807, 2.05) is 0 Å². The van der Waals surface area contributed by atoms with Crippen LogP contribution in [0.15, 0.2) is 54.9 Å². The fraction of sp³-hybridized carbons (Fsp3) is 0.154. The van der Waals surface area contributed by atoms with Gasteiger partial charge in [0.05, 0.1) is 11.6 Å². The summed E-state index contributed by atoms with van der Waals surface area (Å²) in [6.45, 7) is 3.38. The van der Waals surface area contributed by atoms with Crippen LogP contribution in [-0.2, 0) is 6.54 Å². The molecule has 0 aliphatic rings. The number of carbonyl (C=O) groups is 4. The Labute approximate surface area is 215 Å². The Morgan fingerprint density at radius 1 is 1.08 bits per heavy atom. The standard InChI is InChI=1S/C26H23FN6O5/c1-13-9-15(3-8-18(13)27)11-29-24(35)19-10-20(33-12-30-21(22(28)34)23(33)32-19)25(36)31-14(2)16-4-6-17(7-5-16)26(37)38/h3-10,12,14H,11H2,1-2H3,(H2,28,34)(H,29,35)(H,31,36)(H,37,38)/t14-/m0/s1. The molecule has 0 saturated carbocycles. The van der Waals surface area contributed by atoms with Crippen LogP contribution in [0.5, 0.6) is 0 Å². The second-order valence-corrected chi connectivity index (χ2v) is 8.57. The lowest BCUT2D eigenvalue weighted by Crippen LogP contribution is -2.30. The van der Waals surface area contributed by atoms with Gasteiger partial charge in [0.15, 0.2) is 11.3 Å². The molecular formula is C26H23FN6O5. The SMILES string of the molecule is Cc1cc(CNC(=O)c2cc(C(=O)N[C@@H](C)c3ccc(C(=O)O)cc3)n3cnc(C(N)=O)c3n2)ccc1F. The van der Waals surface area contributed by atoms with Crippen molar-refractivity contribution in [2.45, 2.75) is 26.4 Å². The van der Waals surface area contributed by atoms with Crippen molar-refractivity contribution in [3.05, 3.63) is 100 Å². The van der Waals surface area contributed by atoms with Gasteiger partial charge < -0.3 is 21.5 Å². The molecule has 2 heterocycles. The third-order valence-electron chi connectivity index (χ3n) is 5.88. The van der Waals surface area contributed by atoms with Crippen molar-refractivity contribution in [1.29, 1.82) is 0 Å². The van der Waals surface area contributed by atoms with E-state index in [2.05, 4.69) is 20.6 Å². The number of aromatic carboxylic acids is 1. The number of halogens is 1. The summed E-state index contributed by atoms with van der Waals surface area (Å²) in [7, 11) is 0. The first-order valence-corrected chi connectivity index (χ1v) is 11.4. The van der Waals surface area contributed by atoms with Crippen LogP contribution in [0.2, 0.25) is 0 Å². The zero-order valence-electron chi connectivity index (χ0n) is 20.4. The van der Waals surface area contributed by atoms with Crippen molar-refractivity contribution in [2.75, 3.05) is 0 Å². The Hall–Kier alpha value is -5.13. The summed E-state index contributed by atoms with van der Waals surface area (Å²) in [5.41, 5.74) is 6.72. The number of amides is 3. The van der Waals surface area contributed by atoms with E-state index in [1.165, 1.54) is 41.1 Å². The van der Waals surface area contributed by atoms with E-state index >= 15 is 0 Å². The molecule has 0 fully saturated rings. The molecule has 2 aromatic carbocycles. The van der Waals surface area contributed by atoms with Crippen molar-refractivity contribution in [2.24, 2.45) is 5.73 Å². The Morgan fingerprint density at radius 3 is 2.42 bits per heavy atom. The van der Waals surface area contributed by atoms with Gasteiger partial charge in [-0.1, -0.05) is 24.3 Å². The van der Waals surface area contributed by atoms with Gasteiger partial charge in [-0.2, -0.15) is 0 Å². The van der Waals surface area contributed by atoms with Gasteiger partial charge in [-0.05, 0) is 54.8 Å². The van der Waals surface area contributed by atoms with E-state index in [4.69, 9.17) is 10.8 Å². The molecule has 11 nitrogen and oxygen atoms in total. The van der Waals surface area contributed by atoms with E-state index < -0.39 is 29.7 Å². The summed E-state index contributed by atoms with van der Waals surface area (Å²) in [6.07, 6.45) is 1.20. The molecule has 0 spiro atoms. The average Bonchev–Trinajstić information content (AvgIpc) is 3.33. The topological polar surface area (TPSA) is 169 Å². The van der Waals surface area contributed by atoms with Crippen LogP contribution >= 0.6 is 0 Å². The van der Waals surface area contributed by atoms with E-state index in [-0.39, 0.29) is 40.7 Å². The number of imidazole rings is 1. The first-order chi connectivity index (χ1) is 18.0. The Balaban J connectivity index is 1.62. The smallest absolute Gasteiger partial charge is 0.335 e. The molecule has 12 heteroatoms. The normalized spacial score (nSPS) is 11.7. The van der Waals surface area contributed by atoms with Crippen LogP contribution in [-0.4, -0.2) is 43.2 Å². The number of carboxylic acid groups (broad SMARTS) is 1. The highest BCUT2D eigenvalue weighted by Crippen LogP contribution is 2.17. The molecule has 38 heavy (non-hydrogen) atoms. The van der Waals surface area contributed by atoms with Gasteiger partial charge in [0.2, 0.25) is 0 Å². The molecule has 3 amide bonds. The molecular weight excluding hydrogens is 495 g/mol. The molecule has 0 unspecified atom stereocenters. The fourth-order valence-electron chi connectivity index (χ4n) is 3.79. The summed E-state index contributed by atoms with van der Waals surface area (Å²) in [6, 6.07) is 11.1. The van der Waals surface area contributed by atoms with Gasteiger partial charge in [0.25, 0.3) is 17.7 Å². The summed E-state index contributed by atoms with van der Waals surface area (Å²) in [5.74, 6) is -3.58. The molecule has 4 rings (SSSR count). The van der Waals surface area contributed by atoms with Gasteiger partial charge in [-0.25, -0.2) is 19.2 Å². The monoisotopic (exact) mass is 518 g/mol. The maximum Gasteiger partial charge on any atom is 0.335 e. The summed E-state index contributed by atoms with van der Waals surface area (Å²) in [5, 5.41) is 14.5. The molecule has 0 aliphatic carbocycles. The summed E-state index contributed by atoms with van der Waals surface area (Å²) in [4.78, 5) is 57.3. The number of aryl methyl sites for hydroxylation is 1. The number of primary amides is 1. The lowest BCUT2D eigenvalue weighted by atomic mass is 10.1. The Morgan fingerprint density at radius 2 is 1.79 bits per heavy atom. The van der Waals surface area contributed by atoms with Gasteiger partial charge >= 0.3 is 5.97 Å². The number of benzene rings is 2. The number of carboxylic acids is 1. The predicted octanol–water partition coefficient (Wildman–Crippen LogP) is 2.39. The number of aromatic nitrogens is 3. The zero-order valence-corrected chi connectivity index (χ0v) is 20.4. The molecule has 0 aliphatic heterocycles. The van der Waals surface area contributed by atoms with Crippen LogP contribution in [0.25, 0.3) is 5.65 Å². The number of nitrogens with one attached hydrogen (secondary N) is 2. The van der Waals surface area contributed by atoms with E-state index in [0.717, 1.165) is 0 Å². The molecule has 1 atom stereocenters. The second-order valence-electron chi connectivity index (χ2n) is 8.57. The first-order valence-electron chi connectivity index (χ1n) is 11.4. The maximum absolute atomic E-state index is 13.5. The molecule has 0 radical (unpaired) electrons. The van der Waals surface area contributed by atoms with Crippen molar-refractivity contribution in [3.63, 3.8) is 0 Å². The number of rotatable bonds is 8. The lowest BCUT2D eigenvalue weighted by molar-refractivity contribution is 0.0695. The van der Waals surface area contributed by atoms with Crippen LogP contribution in [0.3, 0.4) is 0 Å². The van der Waals surface area contributed by atoms with Crippen molar-refractivity contribution in [1.82, 2.24) is 25.0 Å². The van der Waals surface area contributed by atoms with Gasteiger partial charge in [0.1, 0.15) is 23.5 Å². The average molecular weight is 519 g/mol. The van der Waals surface area contributed by atoms with Crippen LogP contribution in [0.4, 0.5) is 4.39 Å². The Kier molecular flexibility index (Phi) is 7.15. The van der Waals surface area contributed by atoms with Crippen molar-refractivity contribution in [3.8, 4) is 0 Å². The van der Waals surface area contributed by atoms with Crippen LogP contribution in [0.1, 0.15) is 71.5 Å². The third kappa shape index (κ3) is 5.33. The van der Waals surface area contributed by atoms with Crippen molar-refractivity contribution < 1.29 is 28.7 Å². The quantitative estimate of drug-likeness (QED) is 0.278. The highest BCUT2D eigenvalue weighted by molar-refractivity contribution is 6.01. The van der Waals surface area contributed by atoms with Crippen LogP contribution < -0.4 is 16.4 Å². The number of carbonyl (C=O) groups excluding carboxylic acids is 3. The fourth-order valence-corrected chi connectivity index (χ4v) is 3.79. The Bertz CT molecular complexity index is 1580.